The van der Waals surface area contributed by atoms with Gasteiger partial charge in [-0.1, -0.05) is 59.2 Å². The van der Waals surface area contributed by atoms with Crippen LogP contribution in [0.5, 0.6) is 0 Å². The van der Waals surface area contributed by atoms with E-state index in [0.29, 0.717) is 5.56 Å². The summed E-state index contributed by atoms with van der Waals surface area (Å²) in [5.41, 5.74) is 5.16. The molecular formula is C21H26O2. The Hall–Kier alpha value is -2.35. The van der Waals surface area contributed by atoms with Crippen LogP contribution in [0.2, 0.25) is 0 Å². The second kappa shape index (κ2) is 9.62. The number of benzene rings is 1. The number of carbonyl (C=O) groups is 1. The Kier molecular flexibility index (Phi) is 7.82. The molecule has 0 aliphatic carbocycles. The molecule has 23 heavy (non-hydrogen) atoms. The van der Waals surface area contributed by atoms with E-state index >= 15 is 0 Å². The Balaban J connectivity index is 2.61. The first-order chi connectivity index (χ1) is 10.9. The fourth-order valence-corrected chi connectivity index (χ4v) is 2.07. The van der Waals surface area contributed by atoms with Gasteiger partial charge in [-0.15, -0.1) is 0 Å². The zero-order chi connectivity index (χ0) is 17.2. The summed E-state index contributed by atoms with van der Waals surface area (Å²) in [4.78, 5) is 10.8. The summed E-state index contributed by atoms with van der Waals surface area (Å²) in [6, 6.07) is 6.89. The Morgan fingerprint density at radius 2 is 1.74 bits per heavy atom. The van der Waals surface area contributed by atoms with Crippen LogP contribution in [0.4, 0.5) is 0 Å². The molecule has 0 unspecified atom stereocenters. The first-order valence-electron chi connectivity index (χ1n) is 7.87. The molecule has 0 amide bonds. The van der Waals surface area contributed by atoms with Gasteiger partial charge in [0.05, 0.1) is 5.56 Å². The van der Waals surface area contributed by atoms with Crippen LogP contribution in [0.15, 0.2) is 65.3 Å². The molecule has 122 valence electrons. The number of carboxylic acid groups (broad SMARTS) is 1. The van der Waals surface area contributed by atoms with Gasteiger partial charge < -0.3 is 5.11 Å². The van der Waals surface area contributed by atoms with E-state index in [1.165, 1.54) is 11.1 Å². The molecule has 1 aromatic carbocycles. The highest BCUT2D eigenvalue weighted by molar-refractivity contribution is 5.87. The van der Waals surface area contributed by atoms with Crippen molar-refractivity contribution in [2.75, 3.05) is 0 Å². The molecule has 0 saturated carbocycles. The van der Waals surface area contributed by atoms with Crippen LogP contribution in [0.3, 0.4) is 0 Å². The summed E-state index contributed by atoms with van der Waals surface area (Å²) in [5.74, 6) is -0.897. The summed E-state index contributed by atoms with van der Waals surface area (Å²) in [6.07, 6.45) is 12.7. The van der Waals surface area contributed by atoms with Crippen LogP contribution in [-0.2, 0) is 0 Å². The number of aromatic carboxylic acids is 1. The third-order valence-electron chi connectivity index (χ3n) is 3.38. The lowest BCUT2D eigenvalue weighted by Crippen LogP contribution is -1.94. The lowest BCUT2D eigenvalue weighted by Gasteiger charge is -1.98. The monoisotopic (exact) mass is 310 g/mol. The van der Waals surface area contributed by atoms with Crippen LogP contribution < -0.4 is 0 Å². The third-order valence-corrected chi connectivity index (χ3v) is 3.38. The van der Waals surface area contributed by atoms with E-state index in [4.69, 9.17) is 5.11 Å². The van der Waals surface area contributed by atoms with Crippen LogP contribution in [0, 0.1) is 0 Å². The second-order valence-corrected chi connectivity index (χ2v) is 6.01. The molecule has 0 atom stereocenters. The number of hydrogen-bond acceptors (Lipinski definition) is 1. The first-order valence-corrected chi connectivity index (χ1v) is 7.87. The molecule has 0 bridgehead atoms. The maximum Gasteiger partial charge on any atom is 0.335 e. The molecule has 2 nitrogen and oxygen atoms in total. The van der Waals surface area contributed by atoms with Gasteiger partial charge in [-0.25, -0.2) is 4.79 Å². The minimum atomic E-state index is -0.897. The molecular weight excluding hydrogens is 284 g/mol. The van der Waals surface area contributed by atoms with Crippen LogP contribution in [-0.4, -0.2) is 11.1 Å². The maximum atomic E-state index is 10.8. The number of hydrogen-bond donors (Lipinski definition) is 1. The molecule has 0 spiro atoms. The summed E-state index contributed by atoms with van der Waals surface area (Å²) in [7, 11) is 0. The number of carboxylic acids is 1. The lowest BCUT2D eigenvalue weighted by molar-refractivity contribution is 0.0697. The Morgan fingerprint density at radius 1 is 1.09 bits per heavy atom. The predicted octanol–water partition coefficient (Wildman–Crippen LogP) is 6.04. The fourth-order valence-electron chi connectivity index (χ4n) is 2.07. The van der Waals surface area contributed by atoms with E-state index in [0.717, 1.165) is 24.0 Å². The SMILES string of the molecule is CC(C)=CCCC(C)=CC=CC(C)=Cc1ccc(C(=O)O)cc1. The van der Waals surface area contributed by atoms with E-state index in [-0.39, 0.29) is 0 Å². The van der Waals surface area contributed by atoms with Crippen molar-refractivity contribution in [3.8, 4) is 0 Å². The van der Waals surface area contributed by atoms with Crippen molar-refractivity contribution in [2.45, 2.75) is 40.5 Å². The van der Waals surface area contributed by atoms with E-state index in [1.54, 1.807) is 12.1 Å². The van der Waals surface area contributed by atoms with Crippen molar-refractivity contribution < 1.29 is 9.90 Å². The van der Waals surface area contributed by atoms with Crippen molar-refractivity contribution >= 4 is 12.0 Å². The smallest absolute Gasteiger partial charge is 0.335 e. The van der Waals surface area contributed by atoms with E-state index in [1.807, 2.05) is 25.1 Å². The van der Waals surface area contributed by atoms with Gasteiger partial charge in [0, 0.05) is 0 Å². The minimum absolute atomic E-state index is 0.310. The van der Waals surface area contributed by atoms with Gasteiger partial charge in [0.15, 0.2) is 0 Å². The fraction of sp³-hybridized carbons (Fsp3) is 0.286. The maximum absolute atomic E-state index is 10.8. The highest BCUT2D eigenvalue weighted by Crippen LogP contribution is 2.11. The quantitative estimate of drug-likeness (QED) is 0.492. The van der Waals surface area contributed by atoms with Crippen molar-refractivity contribution in [1.82, 2.24) is 0 Å². The van der Waals surface area contributed by atoms with Gasteiger partial charge in [0.1, 0.15) is 0 Å². The normalized spacial score (nSPS) is 12.5. The van der Waals surface area contributed by atoms with E-state index in [2.05, 4.69) is 45.1 Å². The van der Waals surface area contributed by atoms with Gasteiger partial charge in [0.25, 0.3) is 0 Å². The topological polar surface area (TPSA) is 37.3 Å². The molecule has 0 aliphatic heterocycles. The molecule has 1 N–H and O–H groups in total. The highest BCUT2D eigenvalue weighted by Gasteiger charge is 2.00. The van der Waals surface area contributed by atoms with Gasteiger partial charge in [0.2, 0.25) is 0 Å². The molecule has 0 aromatic heterocycles. The van der Waals surface area contributed by atoms with E-state index in [9.17, 15) is 4.79 Å². The zero-order valence-electron chi connectivity index (χ0n) is 14.5. The average molecular weight is 310 g/mol. The largest absolute Gasteiger partial charge is 0.478 e. The zero-order valence-corrected chi connectivity index (χ0v) is 14.5. The van der Waals surface area contributed by atoms with Crippen LogP contribution in [0.1, 0.15) is 56.5 Å². The molecule has 0 aliphatic rings. The van der Waals surface area contributed by atoms with Gasteiger partial charge in [-0.3, -0.25) is 0 Å². The van der Waals surface area contributed by atoms with Crippen LogP contribution >= 0.6 is 0 Å². The molecule has 0 fully saturated rings. The number of allylic oxidation sites excluding steroid dienone is 7. The summed E-state index contributed by atoms with van der Waals surface area (Å²) in [5, 5.41) is 8.88. The predicted molar refractivity (Wildman–Crippen MR) is 98.6 cm³/mol. The van der Waals surface area contributed by atoms with Gasteiger partial charge >= 0.3 is 5.97 Å². The third kappa shape index (κ3) is 8.01. The molecule has 2 heteroatoms. The Labute approximate surface area is 139 Å². The van der Waals surface area contributed by atoms with Gasteiger partial charge in [-0.2, -0.15) is 0 Å². The molecule has 0 heterocycles. The highest BCUT2D eigenvalue weighted by atomic mass is 16.4. The van der Waals surface area contributed by atoms with Crippen LogP contribution in [0.25, 0.3) is 6.08 Å². The number of rotatable bonds is 7. The lowest BCUT2D eigenvalue weighted by atomic mass is 10.1. The first kappa shape index (κ1) is 18.7. The molecule has 0 radical (unpaired) electrons. The summed E-state index contributed by atoms with van der Waals surface area (Å²) < 4.78 is 0. The molecule has 1 aromatic rings. The molecule has 1 rings (SSSR count). The Morgan fingerprint density at radius 3 is 2.30 bits per heavy atom. The molecule has 0 saturated heterocycles. The second-order valence-electron chi connectivity index (χ2n) is 6.01. The van der Waals surface area contributed by atoms with Gasteiger partial charge in [-0.05, 0) is 58.2 Å². The summed E-state index contributed by atoms with van der Waals surface area (Å²) in [6.45, 7) is 8.42. The average Bonchev–Trinajstić information content (AvgIpc) is 2.47. The summed E-state index contributed by atoms with van der Waals surface area (Å²) >= 11 is 0. The van der Waals surface area contributed by atoms with Crippen molar-refractivity contribution in [2.24, 2.45) is 0 Å². The minimum Gasteiger partial charge on any atom is -0.478 e. The van der Waals surface area contributed by atoms with E-state index < -0.39 is 5.97 Å². The van der Waals surface area contributed by atoms with Crippen molar-refractivity contribution in [3.05, 3.63) is 76.4 Å². The van der Waals surface area contributed by atoms with Crippen molar-refractivity contribution in [3.63, 3.8) is 0 Å². The standard InChI is InChI=1S/C21H26O2/c1-16(2)7-5-8-17(3)9-6-10-18(4)15-19-11-13-20(14-12-19)21(22)23/h6-7,9-15H,5,8H2,1-4H3,(H,22,23). The Bertz CT molecular complexity index is 637. The van der Waals surface area contributed by atoms with Crippen molar-refractivity contribution in [1.29, 1.82) is 0 Å².